The lowest BCUT2D eigenvalue weighted by Crippen LogP contribution is -2.54. The van der Waals surface area contributed by atoms with E-state index in [1.807, 2.05) is 24.3 Å². The molecule has 0 saturated carbocycles. The average molecular weight is 412 g/mol. The van der Waals surface area contributed by atoms with E-state index in [0.29, 0.717) is 49.2 Å². The molecule has 30 heavy (non-hydrogen) atoms. The Kier molecular flexibility index (Phi) is 6.04. The second-order valence-corrected chi connectivity index (χ2v) is 6.96. The minimum atomic E-state index is -0.770. The van der Waals surface area contributed by atoms with E-state index < -0.39 is 6.10 Å². The monoisotopic (exact) mass is 412 g/mol. The van der Waals surface area contributed by atoms with Gasteiger partial charge in [-0.1, -0.05) is 24.3 Å². The summed E-state index contributed by atoms with van der Waals surface area (Å²) < 4.78 is 22.2. The number of ether oxygens (including phenoxy) is 4. The lowest BCUT2D eigenvalue weighted by atomic mass is 10.1. The molecule has 2 aliphatic heterocycles. The Morgan fingerprint density at radius 3 is 2.50 bits per heavy atom. The SMILES string of the molecule is COc1ccccc1OCC(=O)N1C[C@@H](C(=O)N2CCOCC2)Oc2ccccc21. The predicted octanol–water partition coefficient (Wildman–Crippen LogP) is 1.73. The third kappa shape index (κ3) is 4.18. The van der Waals surface area contributed by atoms with Crippen molar-refractivity contribution in [1.29, 1.82) is 0 Å². The second kappa shape index (κ2) is 9.04. The highest BCUT2D eigenvalue weighted by molar-refractivity contribution is 5.98. The Balaban J connectivity index is 1.50. The van der Waals surface area contributed by atoms with Crippen LogP contribution in [0.4, 0.5) is 5.69 Å². The van der Waals surface area contributed by atoms with Gasteiger partial charge >= 0.3 is 0 Å². The number of hydrogen-bond donors (Lipinski definition) is 0. The van der Waals surface area contributed by atoms with Gasteiger partial charge in [-0.3, -0.25) is 9.59 Å². The van der Waals surface area contributed by atoms with E-state index in [0.717, 1.165) is 0 Å². The Labute approximate surface area is 174 Å². The smallest absolute Gasteiger partial charge is 0.265 e. The summed E-state index contributed by atoms with van der Waals surface area (Å²) in [7, 11) is 1.55. The molecule has 1 fully saturated rings. The lowest BCUT2D eigenvalue weighted by molar-refractivity contribution is -0.142. The van der Waals surface area contributed by atoms with E-state index in [9.17, 15) is 9.59 Å². The van der Waals surface area contributed by atoms with Crippen LogP contribution in [0.15, 0.2) is 48.5 Å². The number of carbonyl (C=O) groups is 2. The molecular formula is C22H24N2O6. The fraction of sp³-hybridized carbons (Fsp3) is 0.364. The zero-order valence-electron chi connectivity index (χ0n) is 16.8. The first-order valence-electron chi connectivity index (χ1n) is 9.86. The number of amides is 2. The number of benzene rings is 2. The molecule has 2 heterocycles. The molecule has 0 N–H and O–H groups in total. The standard InChI is InChI=1S/C22H24N2O6/c1-27-18-8-4-5-9-19(18)29-15-21(25)24-14-20(22(26)23-10-12-28-13-11-23)30-17-7-3-2-6-16(17)24/h2-9,20H,10-15H2,1H3/t20-/m0/s1. The largest absolute Gasteiger partial charge is 0.493 e. The van der Waals surface area contributed by atoms with Crippen molar-refractivity contribution in [1.82, 2.24) is 4.90 Å². The van der Waals surface area contributed by atoms with Gasteiger partial charge < -0.3 is 28.7 Å². The van der Waals surface area contributed by atoms with Gasteiger partial charge in [0.1, 0.15) is 5.75 Å². The third-order valence-electron chi connectivity index (χ3n) is 5.09. The van der Waals surface area contributed by atoms with Crippen molar-refractivity contribution in [2.24, 2.45) is 0 Å². The summed E-state index contributed by atoms with van der Waals surface area (Å²) in [5.41, 5.74) is 0.622. The van der Waals surface area contributed by atoms with E-state index in [-0.39, 0.29) is 25.0 Å². The Morgan fingerprint density at radius 2 is 1.73 bits per heavy atom. The molecule has 8 heteroatoms. The predicted molar refractivity (Wildman–Crippen MR) is 109 cm³/mol. The number of morpholine rings is 1. The number of fused-ring (bicyclic) bond motifs is 1. The van der Waals surface area contributed by atoms with Gasteiger partial charge in [0, 0.05) is 13.1 Å². The fourth-order valence-corrected chi connectivity index (χ4v) is 3.54. The molecule has 2 aromatic carbocycles. The molecule has 0 aromatic heterocycles. The topological polar surface area (TPSA) is 77.5 Å². The first kappa shape index (κ1) is 20.0. The normalized spacial score (nSPS) is 18.2. The quantitative estimate of drug-likeness (QED) is 0.744. The van der Waals surface area contributed by atoms with E-state index in [1.54, 1.807) is 41.2 Å². The summed E-state index contributed by atoms with van der Waals surface area (Å²) in [4.78, 5) is 29.3. The molecule has 2 aliphatic rings. The van der Waals surface area contributed by atoms with Crippen molar-refractivity contribution in [3.63, 3.8) is 0 Å². The number of para-hydroxylation sites is 4. The summed E-state index contributed by atoms with van der Waals surface area (Å²) in [5, 5.41) is 0. The van der Waals surface area contributed by atoms with Crippen LogP contribution in [0.1, 0.15) is 0 Å². The van der Waals surface area contributed by atoms with Crippen molar-refractivity contribution < 1.29 is 28.5 Å². The molecule has 0 unspecified atom stereocenters. The summed E-state index contributed by atoms with van der Waals surface area (Å²) in [5.74, 6) is 1.12. The molecule has 158 valence electrons. The highest BCUT2D eigenvalue weighted by Gasteiger charge is 2.36. The van der Waals surface area contributed by atoms with Gasteiger partial charge in [-0.05, 0) is 24.3 Å². The summed E-state index contributed by atoms with van der Waals surface area (Å²) >= 11 is 0. The Hall–Kier alpha value is -3.26. The number of methoxy groups -OCH3 is 1. The summed E-state index contributed by atoms with van der Waals surface area (Å²) in [6, 6.07) is 14.3. The molecule has 0 radical (unpaired) electrons. The summed E-state index contributed by atoms with van der Waals surface area (Å²) in [6.07, 6.45) is -0.770. The van der Waals surface area contributed by atoms with Crippen molar-refractivity contribution in [2.45, 2.75) is 6.10 Å². The number of hydrogen-bond acceptors (Lipinski definition) is 6. The summed E-state index contributed by atoms with van der Waals surface area (Å²) in [6.45, 7) is 1.99. The maximum Gasteiger partial charge on any atom is 0.265 e. The molecule has 2 aromatic rings. The van der Waals surface area contributed by atoms with Crippen molar-refractivity contribution in [3.8, 4) is 17.2 Å². The van der Waals surface area contributed by atoms with Gasteiger partial charge in [0.05, 0.1) is 32.6 Å². The van der Waals surface area contributed by atoms with Crippen LogP contribution in [0.25, 0.3) is 0 Å². The first-order chi connectivity index (χ1) is 14.7. The third-order valence-corrected chi connectivity index (χ3v) is 5.09. The molecule has 1 atom stereocenters. The average Bonchev–Trinajstić information content (AvgIpc) is 2.82. The van der Waals surface area contributed by atoms with E-state index in [1.165, 1.54) is 0 Å². The van der Waals surface area contributed by atoms with Crippen LogP contribution in [0, 0.1) is 0 Å². The Morgan fingerprint density at radius 1 is 1.03 bits per heavy atom. The van der Waals surface area contributed by atoms with Crippen LogP contribution in [0.3, 0.4) is 0 Å². The fourth-order valence-electron chi connectivity index (χ4n) is 3.54. The van der Waals surface area contributed by atoms with Crippen LogP contribution in [0.5, 0.6) is 17.2 Å². The number of carbonyl (C=O) groups excluding carboxylic acids is 2. The minimum Gasteiger partial charge on any atom is -0.493 e. The van der Waals surface area contributed by atoms with Gasteiger partial charge in [-0.2, -0.15) is 0 Å². The zero-order valence-corrected chi connectivity index (χ0v) is 16.8. The van der Waals surface area contributed by atoms with Crippen LogP contribution < -0.4 is 19.1 Å². The molecule has 1 saturated heterocycles. The lowest BCUT2D eigenvalue weighted by Gasteiger charge is -2.37. The minimum absolute atomic E-state index is 0.126. The van der Waals surface area contributed by atoms with Crippen LogP contribution in [-0.4, -0.2) is 69.4 Å². The molecule has 0 bridgehead atoms. The zero-order chi connectivity index (χ0) is 20.9. The van der Waals surface area contributed by atoms with E-state index in [2.05, 4.69) is 0 Å². The molecular weight excluding hydrogens is 388 g/mol. The molecule has 8 nitrogen and oxygen atoms in total. The number of rotatable bonds is 5. The number of nitrogens with zero attached hydrogens (tertiary/aromatic N) is 2. The van der Waals surface area contributed by atoms with Gasteiger partial charge in [0.2, 0.25) is 0 Å². The van der Waals surface area contributed by atoms with Crippen molar-refractivity contribution in [3.05, 3.63) is 48.5 Å². The van der Waals surface area contributed by atoms with Gasteiger partial charge in [0.15, 0.2) is 24.2 Å². The van der Waals surface area contributed by atoms with Gasteiger partial charge in [-0.15, -0.1) is 0 Å². The van der Waals surface area contributed by atoms with E-state index in [4.69, 9.17) is 18.9 Å². The van der Waals surface area contributed by atoms with Gasteiger partial charge in [0.25, 0.3) is 11.8 Å². The number of anilines is 1. The maximum atomic E-state index is 13.0. The molecule has 0 spiro atoms. The Bertz CT molecular complexity index is 912. The maximum absolute atomic E-state index is 13.0. The molecule has 4 rings (SSSR count). The van der Waals surface area contributed by atoms with Crippen molar-refractivity contribution in [2.75, 3.05) is 51.5 Å². The van der Waals surface area contributed by atoms with Crippen LogP contribution >= 0.6 is 0 Å². The van der Waals surface area contributed by atoms with Gasteiger partial charge in [-0.25, -0.2) is 0 Å². The highest BCUT2D eigenvalue weighted by Crippen LogP contribution is 2.34. The van der Waals surface area contributed by atoms with Crippen LogP contribution in [0.2, 0.25) is 0 Å². The first-order valence-corrected chi connectivity index (χ1v) is 9.86. The van der Waals surface area contributed by atoms with E-state index >= 15 is 0 Å². The second-order valence-electron chi connectivity index (χ2n) is 6.96. The van der Waals surface area contributed by atoms with Crippen LogP contribution in [-0.2, 0) is 14.3 Å². The molecule has 2 amide bonds. The highest BCUT2D eigenvalue weighted by atomic mass is 16.5. The molecule has 0 aliphatic carbocycles. The van der Waals surface area contributed by atoms with Crippen molar-refractivity contribution >= 4 is 17.5 Å².